The zero-order valence-electron chi connectivity index (χ0n) is 6.75. The van der Waals surface area contributed by atoms with E-state index in [-0.39, 0.29) is 5.91 Å². The lowest BCUT2D eigenvalue weighted by Gasteiger charge is -2.26. The minimum atomic E-state index is 0.278. The van der Waals surface area contributed by atoms with Gasteiger partial charge in [-0.05, 0) is 25.0 Å². The van der Waals surface area contributed by atoms with Crippen molar-refractivity contribution in [1.29, 1.82) is 0 Å². The zero-order chi connectivity index (χ0) is 8.10. The highest BCUT2D eigenvalue weighted by Gasteiger charge is 2.14. The van der Waals surface area contributed by atoms with Crippen LogP contribution in [-0.4, -0.2) is 29.6 Å². The van der Waals surface area contributed by atoms with Crippen LogP contribution in [0.25, 0.3) is 0 Å². The quantitative estimate of drug-likeness (QED) is 0.624. The Labute approximate surface area is 73.4 Å². The van der Waals surface area contributed by atoms with Crippen LogP contribution in [0.4, 0.5) is 0 Å². The minimum Gasteiger partial charge on any atom is -0.343 e. The fourth-order valence-electron chi connectivity index (χ4n) is 1.40. The van der Waals surface area contributed by atoms with E-state index in [1.54, 1.807) is 0 Å². The number of piperidine rings is 1. The average molecular weight is 173 g/mol. The molecule has 11 heavy (non-hydrogen) atoms. The largest absolute Gasteiger partial charge is 0.343 e. The number of hydrogen-bond donors (Lipinski definition) is 1. The number of thiol groups is 1. The second-order valence-corrected chi connectivity index (χ2v) is 3.36. The van der Waals surface area contributed by atoms with E-state index >= 15 is 0 Å². The molecule has 2 nitrogen and oxygen atoms in total. The minimum absolute atomic E-state index is 0.278. The molecule has 3 heteroatoms. The summed E-state index contributed by atoms with van der Waals surface area (Å²) in [5.74, 6) is 0.953. The zero-order valence-corrected chi connectivity index (χ0v) is 7.65. The lowest BCUT2D eigenvalue weighted by atomic mass is 10.1. The van der Waals surface area contributed by atoms with Crippen LogP contribution in [0.2, 0.25) is 0 Å². The van der Waals surface area contributed by atoms with E-state index in [9.17, 15) is 4.79 Å². The number of rotatable bonds is 2. The van der Waals surface area contributed by atoms with Gasteiger partial charge in [-0.1, -0.05) is 0 Å². The van der Waals surface area contributed by atoms with Crippen molar-refractivity contribution >= 4 is 18.5 Å². The summed E-state index contributed by atoms with van der Waals surface area (Å²) in [6.07, 6.45) is 4.24. The Kier molecular flexibility index (Phi) is 3.77. The van der Waals surface area contributed by atoms with Gasteiger partial charge in [-0.15, -0.1) is 0 Å². The Hall–Kier alpha value is -0.180. The van der Waals surface area contributed by atoms with Gasteiger partial charge in [-0.2, -0.15) is 12.6 Å². The Bertz CT molecular complexity index is 132. The molecular formula is C8H15NOS. The van der Waals surface area contributed by atoms with Crippen molar-refractivity contribution < 1.29 is 4.79 Å². The van der Waals surface area contributed by atoms with Crippen LogP contribution in [0, 0.1) is 0 Å². The summed E-state index contributed by atoms with van der Waals surface area (Å²) in [5, 5.41) is 0. The van der Waals surface area contributed by atoms with Crippen molar-refractivity contribution in [1.82, 2.24) is 4.90 Å². The van der Waals surface area contributed by atoms with Gasteiger partial charge in [-0.3, -0.25) is 4.79 Å². The highest BCUT2D eigenvalue weighted by atomic mass is 32.1. The number of hydrogen-bond acceptors (Lipinski definition) is 2. The topological polar surface area (TPSA) is 20.3 Å². The summed E-state index contributed by atoms with van der Waals surface area (Å²) >= 11 is 4.03. The monoisotopic (exact) mass is 173 g/mol. The molecule has 0 N–H and O–H groups in total. The van der Waals surface area contributed by atoms with E-state index in [0.717, 1.165) is 13.1 Å². The molecule has 1 aliphatic rings. The Morgan fingerprint density at radius 3 is 2.45 bits per heavy atom. The van der Waals surface area contributed by atoms with Gasteiger partial charge in [0.15, 0.2) is 0 Å². The molecule has 0 aromatic rings. The summed E-state index contributed by atoms with van der Waals surface area (Å²) in [7, 11) is 0. The first kappa shape index (κ1) is 8.91. The molecule has 1 rings (SSSR count). The molecule has 0 bridgehead atoms. The van der Waals surface area contributed by atoms with E-state index in [4.69, 9.17) is 0 Å². The second kappa shape index (κ2) is 4.65. The SMILES string of the molecule is O=C(CCS)N1CCCCC1. The fraction of sp³-hybridized carbons (Fsp3) is 0.875. The molecule has 1 fully saturated rings. The lowest BCUT2D eigenvalue weighted by molar-refractivity contribution is -0.131. The van der Waals surface area contributed by atoms with Gasteiger partial charge < -0.3 is 4.90 Å². The molecule has 0 aromatic carbocycles. The number of carbonyl (C=O) groups is 1. The molecule has 1 saturated heterocycles. The van der Waals surface area contributed by atoms with Gasteiger partial charge in [0.25, 0.3) is 0 Å². The Balaban J connectivity index is 2.27. The van der Waals surface area contributed by atoms with Gasteiger partial charge in [0.2, 0.25) is 5.91 Å². The summed E-state index contributed by atoms with van der Waals surface area (Å²) in [6.45, 7) is 1.93. The molecule has 0 spiro atoms. The molecule has 0 aromatic heterocycles. The maximum absolute atomic E-state index is 11.3. The molecule has 1 heterocycles. The molecule has 0 aliphatic carbocycles. The Morgan fingerprint density at radius 1 is 1.27 bits per heavy atom. The summed E-state index contributed by atoms with van der Waals surface area (Å²) in [6, 6.07) is 0. The number of amides is 1. The normalized spacial score (nSPS) is 18.5. The van der Waals surface area contributed by atoms with Gasteiger partial charge in [0, 0.05) is 19.5 Å². The predicted molar refractivity (Wildman–Crippen MR) is 48.9 cm³/mol. The van der Waals surface area contributed by atoms with E-state index in [1.807, 2.05) is 4.90 Å². The number of carbonyl (C=O) groups excluding carboxylic acids is 1. The molecular weight excluding hydrogens is 158 g/mol. The second-order valence-electron chi connectivity index (χ2n) is 2.92. The van der Waals surface area contributed by atoms with Crippen molar-refractivity contribution in [2.45, 2.75) is 25.7 Å². The first-order valence-corrected chi connectivity index (χ1v) is 4.86. The molecule has 1 amide bonds. The van der Waals surface area contributed by atoms with Crippen LogP contribution >= 0.6 is 12.6 Å². The summed E-state index contributed by atoms with van der Waals surface area (Å²) in [5.41, 5.74) is 0. The van der Waals surface area contributed by atoms with Gasteiger partial charge >= 0.3 is 0 Å². The maximum Gasteiger partial charge on any atom is 0.223 e. The number of nitrogens with zero attached hydrogens (tertiary/aromatic N) is 1. The van der Waals surface area contributed by atoms with Crippen molar-refractivity contribution in [2.24, 2.45) is 0 Å². The van der Waals surface area contributed by atoms with Gasteiger partial charge in [-0.25, -0.2) is 0 Å². The van der Waals surface area contributed by atoms with Crippen molar-refractivity contribution in [2.75, 3.05) is 18.8 Å². The van der Waals surface area contributed by atoms with E-state index in [1.165, 1.54) is 19.3 Å². The van der Waals surface area contributed by atoms with Crippen LogP contribution < -0.4 is 0 Å². The third-order valence-electron chi connectivity index (χ3n) is 2.03. The van der Waals surface area contributed by atoms with Crippen LogP contribution in [0.15, 0.2) is 0 Å². The molecule has 0 unspecified atom stereocenters. The molecule has 0 atom stereocenters. The number of likely N-dealkylation sites (tertiary alicyclic amines) is 1. The van der Waals surface area contributed by atoms with Crippen molar-refractivity contribution in [3.8, 4) is 0 Å². The van der Waals surface area contributed by atoms with Crippen LogP contribution in [-0.2, 0) is 4.79 Å². The third kappa shape index (κ3) is 2.73. The highest BCUT2D eigenvalue weighted by Crippen LogP contribution is 2.09. The predicted octanol–water partition coefficient (Wildman–Crippen LogP) is 1.32. The van der Waals surface area contributed by atoms with Crippen LogP contribution in [0.1, 0.15) is 25.7 Å². The smallest absolute Gasteiger partial charge is 0.223 e. The highest BCUT2D eigenvalue weighted by molar-refractivity contribution is 7.80. The van der Waals surface area contributed by atoms with E-state index < -0.39 is 0 Å². The van der Waals surface area contributed by atoms with Crippen LogP contribution in [0.5, 0.6) is 0 Å². The molecule has 0 saturated carbocycles. The van der Waals surface area contributed by atoms with E-state index in [2.05, 4.69) is 12.6 Å². The van der Waals surface area contributed by atoms with Gasteiger partial charge in [0.05, 0.1) is 0 Å². The van der Waals surface area contributed by atoms with Crippen molar-refractivity contribution in [3.63, 3.8) is 0 Å². The first-order valence-electron chi connectivity index (χ1n) is 4.23. The average Bonchev–Trinajstić information content (AvgIpc) is 2.07. The van der Waals surface area contributed by atoms with Crippen molar-refractivity contribution in [3.05, 3.63) is 0 Å². The fourth-order valence-corrected chi connectivity index (χ4v) is 1.59. The van der Waals surface area contributed by atoms with Crippen LogP contribution in [0.3, 0.4) is 0 Å². The Morgan fingerprint density at radius 2 is 1.91 bits per heavy atom. The standard InChI is InChI=1S/C8H15NOS/c10-8(4-7-11)9-5-2-1-3-6-9/h11H,1-7H2. The maximum atomic E-state index is 11.3. The van der Waals surface area contributed by atoms with Gasteiger partial charge in [0.1, 0.15) is 0 Å². The lowest BCUT2D eigenvalue weighted by Crippen LogP contribution is -2.35. The molecule has 0 radical (unpaired) electrons. The van der Waals surface area contributed by atoms with E-state index in [0.29, 0.717) is 12.2 Å². The molecule has 1 aliphatic heterocycles. The summed E-state index contributed by atoms with van der Waals surface area (Å²) < 4.78 is 0. The summed E-state index contributed by atoms with van der Waals surface area (Å²) in [4.78, 5) is 13.2. The molecule has 64 valence electrons. The first-order chi connectivity index (χ1) is 5.34. The third-order valence-corrected chi connectivity index (χ3v) is 2.26.